The number of nitrogens with zero attached hydrogens (tertiary/aromatic N) is 1. The summed E-state index contributed by atoms with van der Waals surface area (Å²) in [6, 6.07) is 5.71. The largest absolute Gasteiger partial charge is 0.415 e. The molecule has 1 amide bonds. The van der Waals surface area contributed by atoms with Crippen molar-refractivity contribution in [2.45, 2.75) is 44.4 Å². The maximum Gasteiger partial charge on any atom is 0.415 e. The molecule has 0 saturated heterocycles. The summed E-state index contributed by atoms with van der Waals surface area (Å²) in [7, 11) is 0. The molecule has 0 bridgehead atoms. The highest BCUT2D eigenvalue weighted by atomic mass is 32.2. The van der Waals surface area contributed by atoms with Gasteiger partial charge in [0.1, 0.15) is 5.75 Å². The summed E-state index contributed by atoms with van der Waals surface area (Å²) in [5, 5.41) is 0. The highest BCUT2D eigenvalue weighted by molar-refractivity contribution is 7.98. The van der Waals surface area contributed by atoms with E-state index in [2.05, 4.69) is 17.9 Å². The maximum atomic E-state index is 12.2. The molecule has 0 heterocycles. The third-order valence-corrected chi connectivity index (χ3v) is 4.88. The van der Waals surface area contributed by atoms with E-state index in [0.717, 1.165) is 23.3 Å². The van der Waals surface area contributed by atoms with Crippen LogP contribution in [0.4, 0.5) is 4.79 Å². The minimum atomic E-state index is -0.310. The lowest BCUT2D eigenvalue weighted by Crippen LogP contribution is -2.33. The van der Waals surface area contributed by atoms with E-state index in [1.165, 1.54) is 18.4 Å². The zero-order valence-electron chi connectivity index (χ0n) is 14.7. The smallest absolute Gasteiger partial charge is 0.409 e. The SMILES string of the molecule is CCN(CC)C(=O)Oc1cccc(C#CC2=CCCCC2)c1SC. The number of carbonyl (C=O) groups excluding carboxylic acids is 1. The summed E-state index contributed by atoms with van der Waals surface area (Å²) in [5.41, 5.74) is 2.14. The summed E-state index contributed by atoms with van der Waals surface area (Å²) in [4.78, 5) is 14.8. The lowest BCUT2D eigenvalue weighted by atomic mass is 10.00. The van der Waals surface area contributed by atoms with E-state index in [9.17, 15) is 4.79 Å². The van der Waals surface area contributed by atoms with Crippen molar-refractivity contribution in [2.75, 3.05) is 19.3 Å². The Morgan fingerprint density at radius 2 is 2.04 bits per heavy atom. The molecule has 128 valence electrons. The van der Waals surface area contributed by atoms with Crippen molar-refractivity contribution in [3.05, 3.63) is 35.4 Å². The highest BCUT2D eigenvalue weighted by Gasteiger charge is 2.15. The third kappa shape index (κ3) is 4.82. The van der Waals surface area contributed by atoms with Crippen LogP contribution in [0.1, 0.15) is 45.1 Å². The van der Waals surface area contributed by atoms with E-state index in [1.807, 2.05) is 38.3 Å². The van der Waals surface area contributed by atoms with Gasteiger partial charge in [-0.2, -0.15) is 0 Å². The van der Waals surface area contributed by atoms with E-state index in [0.29, 0.717) is 18.8 Å². The standard InChI is InChI=1S/C20H25NO2S/c1-4-21(5-2)20(22)23-18-13-9-12-17(19(18)24-3)15-14-16-10-7-6-8-11-16/h9-10,12-13H,4-8,11H2,1-3H3. The summed E-state index contributed by atoms with van der Waals surface area (Å²) in [6.07, 6.45) is 8.58. The molecule has 0 aliphatic heterocycles. The summed E-state index contributed by atoms with van der Waals surface area (Å²) < 4.78 is 5.60. The van der Waals surface area contributed by atoms with Crippen LogP contribution in [0.15, 0.2) is 34.7 Å². The van der Waals surface area contributed by atoms with E-state index in [-0.39, 0.29) is 6.09 Å². The molecule has 0 N–H and O–H groups in total. The average Bonchev–Trinajstić information content (AvgIpc) is 2.62. The molecular formula is C20H25NO2S. The second kappa shape index (κ2) is 9.44. The molecule has 1 aromatic rings. The van der Waals surface area contributed by atoms with E-state index in [4.69, 9.17) is 4.74 Å². The number of allylic oxidation sites excluding steroid dienone is 2. The van der Waals surface area contributed by atoms with Crippen molar-refractivity contribution in [2.24, 2.45) is 0 Å². The molecule has 0 aromatic heterocycles. The lowest BCUT2D eigenvalue weighted by molar-refractivity contribution is 0.156. The fourth-order valence-electron chi connectivity index (χ4n) is 2.64. The molecule has 0 unspecified atom stereocenters. The maximum absolute atomic E-state index is 12.2. The molecule has 1 aromatic carbocycles. The zero-order chi connectivity index (χ0) is 17.4. The Morgan fingerprint density at radius 1 is 1.25 bits per heavy atom. The van der Waals surface area contributed by atoms with Crippen molar-refractivity contribution in [3.8, 4) is 17.6 Å². The van der Waals surface area contributed by atoms with E-state index >= 15 is 0 Å². The molecule has 4 heteroatoms. The van der Waals surface area contributed by atoms with Gasteiger partial charge in [-0.15, -0.1) is 11.8 Å². The van der Waals surface area contributed by atoms with Gasteiger partial charge in [0, 0.05) is 18.7 Å². The van der Waals surface area contributed by atoms with Crippen molar-refractivity contribution < 1.29 is 9.53 Å². The van der Waals surface area contributed by atoms with Gasteiger partial charge in [-0.1, -0.05) is 24.0 Å². The number of benzene rings is 1. The Hall–Kier alpha value is -1.86. The van der Waals surface area contributed by atoms with E-state index in [1.54, 1.807) is 16.7 Å². The average molecular weight is 343 g/mol. The van der Waals surface area contributed by atoms with Crippen LogP contribution in [0, 0.1) is 11.8 Å². The molecule has 0 atom stereocenters. The molecule has 1 aliphatic rings. The van der Waals surface area contributed by atoms with Crippen molar-refractivity contribution in [1.82, 2.24) is 4.90 Å². The molecule has 1 aliphatic carbocycles. The van der Waals surface area contributed by atoms with Gasteiger partial charge in [0.25, 0.3) is 0 Å². The topological polar surface area (TPSA) is 29.5 Å². The van der Waals surface area contributed by atoms with Crippen LogP contribution in [0.25, 0.3) is 0 Å². The van der Waals surface area contributed by atoms with Crippen molar-refractivity contribution >= 4 is 17.9 Å². The number of amides is 1. The second-order valence-electron chi connectivity index (χ2n) is 5.60. The van der Waals surface area contributed by atoms with Crippen LogP contribution in [0.3, 0.4) is 0 Å². The van der Waals surface area contributed by atoms with Gasteiger partial charge in [0.05, 0.1) is 4.90 Å². The quantitative estimate of drug-likeness (QED) is 0.562. The van der Waals surface area contributed by atoms with Gasteiger partial charge in [0.15, 0.2) is 0 Å². The van der Waals surface area contributed by atoms with Gasteiger partial charge in [-0.25, -0.2) is 4.79 Å². The lowest BCUT2D eigenvalue weighted by Gasteiger charge is -2.19. The predicted octanol–water partition coefficient (Wildman–Crippen LogP) is 5.10. The third-order valence-electron chi connectivity index (χ3n) is 4.05. The zero-order valence-corrected chi connectivity index (χ0v) is 15.5. The molecule has 0 spiro atoms. The molecule has 24 heavy (non-hydrogen) atoms. The van der Waals surface area contributed by atoms with Crippen LogP contribution < -0.4 is 4.74 Å². The Balaban J connectivity index is 2.23. The van der Waals surface area contributed by atoms with Crippen LogP contribution in [0.2, 0.25) is 0 Å². The molecule has 2 rings (SSSR count). The number of carbonyl (C=O) groups is 1. The van der Waals surface area contributed by atoms with Gasteiger partial charge in [0.2, 0.25) is 0 Å². The van der Waals surface area contributed by atoms with Crippen LogP contribution in [-0.4, -0.2) is 30.3 Å². The normalized spacial score (nSPS) is 13.5. The Bertz CT molecular complexity index is 666. The van der Waals surface area contributed by atoms with Crippen molar-refractivity contribution in [1.29, 1.82) is 0 Å². The Kier molecular flexibility index (Phi) is 7.27. The summed E-state index contributed by atoms with van der Waals surface area (Å²) in [6.45, 7) is 5.16. The first-order chi connectivity index (χ1) is 11.7. The number of thioether (sulfide) groups is 1. The molecule has 0 saturated carbocycles. The number of ether oxygens (including phenoxy) is 1. The molecule has 3 nitrogen and oxygen atoms in total. The number of hydrogen-bond acceptors (Lipinski definition) is 3. The van der Waals surface area contributed by atoms with Crippen molar-refractivity contribution in [3.63, 3.8) is 0 Å². The predicted molar refractivity (Wildman–Crippen MR) is 101 cm³/mol. The summed E-state index contributed by atoms with van der Waals surface area (Å²) in [5.74, 6) is 7.13. The summed E-state index contributed by atoms with van der Waals surface area (Å²) >= 11 is 1.56. The fraction of sp³-hybridized carbons (Fsp3) is 0.450. The number of hydrogen-bond donors (Lipinski definition) is 0. The van der Waals surface area contributed by atoms with Crippen LogP contribution in [-0.2, 0) is 0 Å². The van der Waals surface area contributed by atoms with Crippen LogP contribution >= 0.6 is 11.8 Å². The first-order valence-corrected chi connectivity index (χ1v) is 9.76. The highest BCUT2D eigenvalue weighted by Crippen LogP contribution is 2.31. The number of rotatable bonds is 4. The first-order valence-electron chi connectivity index (χ1n) is 8.54. The molecule has 0 radical (unpaired) electrons. The second-order valence-corrected chi connectivity index (χ2v) is 6.42. The Labute approximate surface area is 149 Å². The fourth-order valence-corrected chi connectivity index (χ4v) is 3.29. The first kappa shape index (κ1) is 18.5. The minimum absolute atomic E-state index is 0.310. The minimum Gasteiger partial charge on any atom is -0.409 e. The van der Waals surface area contributed by atoms with Gasteiger partial charge >= 0.3 is 6.09 Å². The van der Waals surface area contributed by atoms with Gasteiger partial charge < -0.3 is 9.64 Å². The molecular weight excluding hydrogens is 318 g/mol. The monoisotopic (exact) mass is 343 g/mol. The van der Waals surface area contributed by atoms with Gasteiger partial charge in [-0.05, 0) is 63.5 Å². The van der Waals surface area contributed by atoms with Gasteiger partial charge in [-0.3, -0.25) is 0 Å². The van der Waals surface area contributed by atoms with Crippen LogP contribution in [0.5, 0.6) is 5.75 Å². The Morgan fingerprint density at radius 3 is 2.67 bits per heavy atom. The van der Waals surface area contributed by atoms with E-state index < -0.39 is 0 Å². The molecule has 0 fully saturated rings.